The van der Waals surface area contributed by atoms with Crippen molar-refractivity contribution >= 4 is 29.5 Å². The van der Waals surface area contributed by atoms with Crippen LogP contribution in [0.5, 0.6) is 0 Å². The molecule has 2 amide bonds. The van der Waals surface area contributed by atoms with Crippen molar-refractivity contribution in [2.75, 3.05) is 6.54 Å². The topological polar surface area (TPSA) is 37.4 Å². The number of hydrogen-bond donors (Lipinski definition) is 0. The van der Waals surface area contributed by atoms with Crippen LogP contribution >= 0.6 is 11.6 Å². The van der Waals surface area contributed by atoms with E-state index < -0.39 is 0 Å². The van der Waals surface area contributed by atoms with Crippen LogP contribution in [0.15, 0.2) is 29.8 Å². The second-order valence-electron chi connectivity index (χ2n) is 3.95. The molecule has 3 nitrogen and oxygen atoms in total. The van der Waals surface area contributed by atoms with Gasteiger partial charge < -0.3 is 0 Å². The first kappa shape index (κ1) is 11.9. The van der Waals surface area contributed by atoms with Crippen molar-refractivity contribution in [1.82, 2.24) is 4.90 Å². The third-order valence-electron chi connectivity index (χ3n) is 2.72. The number of hydrogen-bond acceptors (Lipinski definition) is 2. The highest BCUT2D eigenvalue weighted by molar-refractivity contribution is 6.30. The van der Waals surface area contributed by atoms with Crippen molar-refractivity contribution in [3.8, 4) is 0 Å². The first-order valence-corrected chi connectivity index (χ1v) is 5.74. The van der Waals surface area contributed by atoms with Crippen LogP contribution in [0.4, 0.5) is 0 Å². The Labute approximate surface area is 105 Å². The normalized spacial score (nSPS) is 17.9. The van der Waals surface area contributed by atoms with Gasteiger partial charge in [0.25, 0.3) is 5.91 Å². The lowest BCUT2D eigenvalue weighted by Crippen LogP contribution is -2.29. The molecule has 4 heteroatoms. The Morgan fingerprint density at radius 1 is 1.35 bits per heavy atom. The molecule has 88 valence electrons. The van der Waals surface area contributed by atoms with Gasteiger partial charge in [-0.05, 0) is 30.2 Å². The smallest absolute Gasteiger partial charge is 0.256 e. The van der Waals surface area contributed by atoms with E-state index in [2.05, 4.69) is 0 Å². The minimum Gasteiger partial charge on any atom is -0.279 e. The number of amides is 2. The van der Waals surface area contributed by atoms with Crippen molar-refractivity contribution in [3.05, 3.63) is 40.4 Å². The summed E-state index contributed by atoms with van der Waals surface area (Å²) in [5.74, 6) is -0.387. The van der Waals surface area contributed by atoms with Gasteiger partial charge in [-0.1, -0.05) is 23.7 Å². The molecule has 0 bridgehead atoms. The fraction of sp³-hybridized carbons (Fsp3) is 0.231. The summed E-state index contributed by atoms with van der Waals surface area (Å²) < 4.78 is 0. The molecule has 0 saturated carbocycles. The Morgan fingerprint density at radius 2 is 2.00 bits per heavy atom. The van der Waals surface area contributed by atoms with Crippen LogP contribution in [0.1, 0.15) is 18.9 Å². The van der Waals surface area contributed by atoms with Gasteiger partial charge >= 0.3 is 0 Å². The molecule has 2 rings (SSSR count). The molecule has 1 aromatic carbocycles. The second-order valence-corrected chi connectivity index (χ2v) is 4.38. The van der Waals surface area contributed by atoms with E-state index in [0.29, 0.717) is 23.6 Å². The Balaban J connectivity index is 2.22. The number of carbonyl (C=O) groups excluding carboxylic acids is 2. The van der Waals surface area contributed by atoms with Crippen LogP contribution in [0, 0.1) is 0 Å². The highest BCUT2D eigenvalue weighted by atomic mass is 35.5. The van der Waals surface area contributed by atoms with Gasteiger partial charge in [-0.25, -0.2) is 0 Å². The molecule has 1 aromatic rings. The Hall–Kier alpha value is -1.61. The van der Waals surface area contributed by atoms with Crippen LogP contribution in [-0.4, -0.2) is 23.3 Å². The third kappa shape index (κ3) is 2.56. The molecule has 1 aliphatic rings. The quantitative estimate of drug-likeness (QED) is 0.717. The fourth-order valence-corrected chi connectivity index (χ4v) is 1.93. The average Bonchev–Trinajstić information content (AvgIpc) is 2.64. The Morgan fingerprint density at radius 3 is 2.53 bits per heavy atom. The van der Waals surface area contributed by atoms with Gasteiger partial charge in [0.2, 0.25) is 5.91 Å². The average molecular weight is 250 g/mol. The number of halogens is 1. The molecule has 0 atom stereocenters. The highest BCUT2D eigenvalue weighted by Gasteiger charge is 2.28. The molecule has 0 spiro atoms. The van der Waals surface area contributed by atoms with Crippen molar-refractivity contribution in [2.24, 2.45) is 0 Å². The predicted octanol–water partition coefficient (Wildman–Crippen LogP) is 2.50. The maximum Gasteiger partial charge on any atom is 0.256 e. The lowest BCUT2D eigenvalue weighted by molar-refractivity contribution is -0.138. The maximum atomic E-state index is 11.8. The molecule has 1 fully saturated rings. The molecular formula is C13H12ClNO2. The lowest BCUT2D eigenvalue weighted by atomic mass is 10.1. The molecule has 0 unspecified atom stereocenters. The number of rotatable bonds is 1. The van der Waals surface area contributed by atoms with E-state index in [-0.39, 0.29) is 11.8 Å². The molecule has 1 saturated heterocycles. The van der Waals surface area contributed by atoms with Gasteiger partial charge in [-0.15, -0.1) is 0 Å². The van der Waals surface area contributed by atoms with E-state index >= 15 is 0 Å². The number of likely N-dealkylation sites (tertiary alicyclic amines) is 1. The van der Waals surface area contributed by atoms with Gasteiger partial charge in [0.15, 0.2) is 0 Å². The van der Waals surface area contributed by atoms with E-state index in [4.69, 9.17) is 11.6 Å². The van der Waals surface area contributed by atoms with E-state index in [1.54, 1.807) is 12.1 Å². The second kappa shape index (κ2) is 4.72. The van der Waals surface area contributed by atoms with Gasteiger partial charge in [-0.2, -0.15) is 0 Å². The fourth-order valence-electron chi connectivity index (χ4n) is 1.81. The standard InChI is InChI=1S/C13H12ClNO2/c1-9(16)15-7-6-11(13(15)17)8-10-2-4-12(14)5-3-10/h2-5,8H,6-7H2,1H3/b11-8-. The number of carbonyl (C=O) groups is 2. The van der Waals surface area contributed by atoms with Crippen LogP contribution < -0.4 is 0 Å². The lowest BCUT2D eigenvalue weighted by Gasteiger charge is -2.08. The van der Waals surface area contributed by atoms with E-state index in [9.17, 15) is 9.59 Å². The summed E-state index contributed by atoms with van der Waals surface area (Å²) in [6.07, 6.45) is 2.42. The zero-order chi connectivity index (χ0) is 12.4. The monoisotopic (exact) mass is 249 g/mol. The van der Waals surface area contributed by atoms with Crippen LogP contribution in [0.3, 0.4) is 0 Å². The van der Waals surface area contributed by atoms with Crippen molar-refractivity contribution in [2.45, 2.75) is 13.3 Å². The van der Waals surface area contributed by atoms with Crippen molar-refractivity contribution < 1.29 is 9.59 Å². The zero-order valence-electron chi connectivity index (χ0n) is 9.44. The number of imide groups is 1. The van der Waals surface area contributed by atoms with Gasteiger partial charge in [-0.3, -0.25) is 14.5 Å². The maximum absolute atomic E-state index is 11.8. The van der Waals surface area contributed by atoms with E-state index in [1.165, 1.54) is 11.8 Å². The molecule has 1 aliphatic heterocycles. The molecule has 0 aliphatic carbocycles. The summed E-state index contributed by atoms with van der Waals surface area (Å²) in [6.45, 7) is 1.89. The molecule has 0 radical (unpaired) electrons. The van der Waals surface area contributed by atoms with Gasteiger partial charge in [0.1, 0.15) is 0 Å². The largest absolute Gasteiger partial charge is 0.279 e. The SMILES string of the molecule is CC(=O)N1CC/C(=C/c2ccc(Cl)cc2)C1=O. The summed E-state index contributed by atoms with van der Waals surface area (Å²) in [7, 11) is 0. The molecular weight excluding hydrogens is 238 g/mol. The summed E-state index contributed by atoms with van der Waals surface area (Å²) >= 11 is 5.78. The van der Waals surface area contributed by atoms with Crippen LogP contribution in [0.2, 0.25) is 5.02 Å². The number of nitrogens with zero attached hydrogens (tertiary/aromatic N) is 1. The molecule has 1 heterocycles. The van der Waals surface area contributed by atoms with Crippen molar-refractivity contribution in [3.63, 3.8) is 0 Å². The van der Waals surface area contributed by atoms with Gasteiger partial charge in [0.05, 0.1) is 0 Å². The first-order valence-electron chi connectivity index (χ1n) is 5.36. The van der Waals surface area contributed by atoms with E-state index in [0.717, 1.165) is 5.56 Å². The zero-order valence-corrected chi connectivity index (χ0v) is 10.2. The van der Waals surface area contributed by atoms with Crippen LogP contribution in [-0.2, 0) is 9.59 Å². The molecule has 0 N–H and O–H groups in total. The summed E-state index contributed by atoms with van der Waals surface area (Å²) in [6, 6.07) is 7.24. The van der Waals surface area contributed by atoms with E-state index in [1.807, 2.05) is 18.2 Å². The molecule has 0 aromatic heterocycles. The van der Waals surface area contributed by atoms with Crippen LogP contribution in [0.25, 0.3) is 6.08 Å². The van der Waals surface area contributed by atoms with Gasteiger partial charge in [0, 0.05) is 24.1 Å². The summed E-state index contributed by atoms with van der Waals surface area (Å²) in [4.78, 5) is 24.3. The minimum atomic E-state index is -0.200. The Bertz CT molecular complexity index is 491. The third-order valence-corrected chi connectivity index (χ3v) is 2.97. The highest BCUT2D eigenvalue weighted by Crippen LogP contribution is 2.21. The molecule has 17 heavy (non-hydrogen) atoms. The number of benzene rings is 1. The first-order chi connectivity index (χ1) is 8.08. The predicted molar refractivity (Wildman–Crippen MR) is 66.4 cm³/mol. The minimum absolute atomic E-state index is 0.188. The summed E-state index contributed by atoms with van der Waals surface area (Å²) in [5.41, 5.74) is 1.59. The van der Waals surface area contributed by atoms with Crippen molar-refractivity contribution in [1.29, 1.82) is 0 Å². The summed E-state index contributed by atoms with van der Waals surface area (Å²) in [5, 5.41) is 0.662. The Kier molecular flexibility index (Phi) is 3.29.